The Morgan fingerprint density at radius 3 is 2.44 bits per heavy atom. The number of ether oxygens (including phenoxy) is 1. The van der Waals surface area contributed by atoms with E-state index in [2.05, 4.69) is 16.3 Å². The molecule has 0 aliphatic carbocycles. The van der Waals surface area contributed by atoms with E-state index in [0.29, 0.717) is 19.7 Å². The van der Waals surface area contributed by atoms with Crippen LogP contribution in [-0.2, 0) is 0 Å². The van der Waals surface area contributed by atoms with E-state index in [1.165, 1.54) is 12.1 Å². The zero-order chi connectivity index (χ0) is 19.2. The van der Waals surface area contributed by atoms with Gasteiger partial charge in [0.2, 0.25) is 0 Å². The molecule has 0 bridgehead atoms. The van der Waals surface area contributed by atoms with Crippen LogP contribution in [0.3, 0.4) is 0 Å². The van der Waals surface area contributed by atoms with Gasteiger partial charge in [-0.15, -0.1) is 0 Å². The molecule has 2 aromatic carbocycles. The van der Waals surface area contributed by atoms with Crippen molar-refractivity contribution in [2.24, 2.45) is 0 Å². The first-order chi connectivity index (χ1) is 13.1. The molecule has 0 saturated carbocycles. The van der Waals surface area contributed by atoms with Gasteiger partial charge in [0.1, 0.15) is 11.6 Å². The minimum absolute atomic E-state index is 0.0930. The molecule has 1 atom stereocenters. The first kappa shape index (κ1) is 19.0. The molecule has 5 nitrogen and oxygen atoms in total. The highest BCUT2D eigenvalue weighted by Gasteiger charge is 2.24. The number of amides is 2. The maximum Gasteiger partial charge on any atom is 0.317 e. The lowest BCUT2D eigenvalue weighted by molar-refractivity contribution is 0.191. The van der Waals surface area contributed by atoms with Crippen molar-refractivity contribution in [1.29, 1.82) is 0 Å². The van der Waals surface area contributed by atoms with Crippen LogP contribution in [-0.4, -0.2) is 43.7 Å². The summed E-state index contributed by atoms with van der Waals surface area (Å²) in [4.78, 5) is 16.6. The average Bonchev–Trinajstić information content (AvgIpc) is 2.69. The highest BCUT2D eigenvalue weighted by atomic mass is 19.1. The van der Waals surface area contributed by atoms with Crippen molar-refractivity contribution >= 4 is 11.7 Å². The number of benzene rings is 2. The van der Waals surface area contributed by atoms with Gasteiger partial charge < -0.3 is 19.9 Å². The second-order valence-electron chi connectivity index (χ2n) is 6.60. The number of carbonyl (C=O) groups excluding carboxylic acids is 1. The lowest BCUT2D eigenvalue weighted by Gasteiger charge is -2.37. The molecule has 1 N–H and O–H groups in total. The minimum atomic E-state index is -0.277. The zero-order valence-electron chi connectivity index (χ0n) is 15.8. The van der Waals surface area contributed by atoms with E-state index in [4.69, 9.17) is 4.74 Å². The van der Waals surface area contributed by atoms with Crippen LogP contribution < -0.4 is 15.0 Å². The molecule has 1 heterocycles. The second-order valence-corrected chi connectivity index (χ2v) is 6.60. The first-order valence-corrected chi connectivity index (χ1v) is 9.36. The summed E-state index contributed by atoms with van der Waals surface area (Å²) < 4.78 is 18.8. The highest BCUT2D eigenvalue weighted by molar-refractivity contribution is 5.75. The SMILES string of the molecule is CCOc1ccccc1N1CCN(C(=O)NC(C)c2ccc(F)cc2)CC1. The molecular formula is C21H26FN3O2. The fourth-order valence-corrected chi connectivity index (χ4v) is 3.26. The van der Waals surface area contributed by atoms with Crippen LogP contribution in [0.5, 0.6) is 5.75 Å². The predicted molar refractivity (Wildman–Crippen MR) is 105 cm³/mol. The average molecular weight is 371 g/mol. The van der Waals surface area contributed by atoms with Crippen molar-refractivity contribution in [2.45, 2.75) is 19.9 Å². The molecule has 0 radical (unpaired) electrons. The molecule has 1 aliphatic heterocycles. The smallest absolute Gasteiger partial charge is 0.317 e. The summed E-state index contributed by atoms with van der Waals surface area (Å²) in [5.41, 5.74) is 1.95. The Bertz CT molecular complexity index is 758. The molecule has 2 amide bonds. The molecule has 3 rings (SSSR count). The number of rotatable bonds is 5. The Morgan fingerprint density at radius 2 is 1.78 bits per heavy atom. The number of nitrogens with one attached hydrogen (secondary N) is 1. The lowest BCUT2D eigenvalue weighted by Crippen LogP contribution is -2.52. The number of para-hydroxylation sites is 2. The van der Waals surface area contributed by atoms with Gasteiger partial charge in [0, 0.05) is 26.2 Å². The van der Waals surface area contributed by atoms with Crippen molar-refractivity contribution in [1.82, 2.24) is 10.2 Å². The zero-order valence-corrected chi connectivity index (χ0v) is 15.8. The fraction of sp³-hybridized carbons (Fsp3) is 0.381. The molecule has 1 aliphatic rings. The van der Waals surface area contributed by atoms with E-state index >= 15 is 0 Å². The monoisotopic (exact) mass is 371 g/mol. The quantitative estimate of drug-likeness (QED) is 0.869. The van der Waals surface area contributed by atoms with Crippen LogP contribution in [0.15, 0.2) is 48.5 Å². The Morgan fingerprint density at radius 1 is 1.11 bits per heavy atom. The van der Waals surface area contributed by atoms with Gasteiger partial charge in [-0.25, -0.2) is 9.18 Å². The van der Waals surface area contributed by atoms with Gasteiger partial charge >= 0.3 is 6.03 Å². The summed E-state index contributed by atoms with van der Waals surface area (Å²) in [5, 5.41) is 2.99. The van der Waals surface area contributed by atoms with Crippen LogP contribution >= 0.6 is 0 Å². The molecule has 0 aromatic heterocycles. The predicted octanol–water partition coefficient (Wildman–Crippen LogP) is 3.82. The molecule has 1 unspecified atom stereocenters. The Balaban J connectivity index is 1.56. The normalized spacial score (nSPS) is 15.4. The van der Waals surface area contributed by atoms with E-state index in [1.807, 2.05) is 36.9 Å². The minimum Gasteiger partial charge on any atom is -0.492 e. The molecule has 2 aromatic rings. The number of urea groups is 1. The van der Waals surface area contributed by atoms with Gasteiger partial charge in [-0.3, -0.25) is 0 Å². The van der Waals surface area contributed by atoms with E-state index in [0.717, 1.165) is 30.1 Å². The topological polar surface area (TPSA) is 44.8 Å². The molecule has 144 valence electrons. The number of hydrogen-bond donors (Lipinski definition) is 1. The summed E-state index contributed by atoms with van der Waals surface area (Å²) in [6, 6.07) is 13.9. The van der Waals surface area contributed by atoms with E-state index in [1.54, 1.807) is 12.1 Å². The van der Waals surface area contributed by atoms with Crippen LogP contribution in [0.2, 0.25) is 0 Å². The molecular weight excluding hydrogens is 345 g/mol. The number of nitrogens with zero attached hydrogens (tertiary/aromatic N) is 2. The van der Waals surface area contributed by atoms with Gasteiger partial charge in [0.15, 0.2) is 0 Å². The van der Waals surface area contributed by atoms with Gasteiger partial charge in [0.25, 0.3) is 0 Å². The molecule has 0 spiro atoms. The van der Waals surface area contributed by atoms with Crippen molar-refractivity contribution in [2.75, 3.05) is 37.7 Å². The van der Waals surface area contributed by atoms with E-state index in [9.17, 15) is 9.18 Å². The van der Waals surface area contributed by atoms with Crippen molar-refractivity contribution in [3.05, 3.63) is 59.9 Å². The standard InChI is InChI=1S/C21H26FN3O2/c1-3-27-20-7-5-4-6-19(20)24-12-14-25(15-13-24)21(26)23-16(2)17-8-10-18(22)11-9-17/h4-11,16H,3,12-15H2,1-2H3,(H,23,26). The summed E-state index contributed by atoms with van der Waals surface area (Å²) in [5.74, 6) is 0.601. The van der Waals surface area contributed by atoms with Gasteiger partial charge in [-0.1, -0.05) is 24.3 Å². The Labute approximate surface area is 159 Å². The molecule has 1 fully saturated rings. The van der Waals surface area contributed by atoms with Gasteiger partial charge in [-0.2, -0.15) is 0 Å². The third kappa shape index (κ3) is 4.70. The number of halogens is 1. The fourth-order valence-electron chi connectivity index (χ4n) is 3.26. The molecule has 1 saturated heterocycles. The molecule has 27 heavy (non-hydrogen) atoms. The number of anilines is 1. The van der Waals surface area contributed by atoms with E-state index in [-0.39, 0.29) is 17.9 Å². The van der Waals surface area contributed by atoms with Gasteiger partial charge in [-0.05, 0) is 43.7 Å². The van der Waals surface area contributed by atoms with Gasteiger partial charge in [0.05, 0.1) is 18.3 Å². The summed E-state index contributed by atoms with van der Waals surface area (Å²) in [7, 11) is 0. The van der Waals surface area contributed by atoms with E-state index < -0.39 is 0 Å². The maximum atomic E-state index is 13.0. The summed E-state index contributed by atoms with van der Waals surface area (Å²) in [6.45, 7) is 7.29. The van der Waals surface area contributed by atoms with Crippen LogP contribution in [0.4, 0.5) is 14.9 Å². The van der Waals surface area contributed by atoms with Crippen LogP contribution in [0.25, 0.3) is 0 Å². The summed E-state index contributed by atoms with van der Waals surface area (Å²) in [6.07, 6.45) is 0. The number of carbonyl (C=O) groups is 1. The highest BCUT2D eigenvalue weighted by Crippen LogP contribution is 2.28. The molecule has 6 heteroatoms. The largest absolute Gasteiger partial charge is 0.492 e. The van der Waals surface area contributed by atoms with Crippen LogP contribution in [0, 0.1) is 5.82 Å². The Kier molecular flexibility index (Phi) is 6.16. The Hall–Kier alpha value is -2.76. The van der Waals surface area contributed by atoms with Crippen molar-refractivity contribution in [3.8, 4) is 5.75 Å². The van der Waals surface area contributed by atoms with Crippen molar-refractivity contribution in [3.63, 3.8) is 0 Å². The maximum absolute atomic E-state index is 13.0. The third-order valence-corrected chi connectivity index (χ3v) is 4.78. The summed E-state index contributed by atoms with van der Waals surface area (Å²) >= 11 is 0. The third-order valence-electron chi connectivity index (χ3n) is 4.78. The first-order valence-electron chi connectivity index (χ1n) is 9.36. The van der Waals surface area contributed by atoms with Crippen molar-refractivity contribution < 1.29 is 13.9 Å². The number of hydrogen-bond acceptors (Lipinski definition) is 3. The lowest BCUT2D eigenvalue weighted by atomic mass is 10.1. The second kappa shape index (κ2) is 8.75. The number of piperazine rings is 1. The van der Waals surface area contributed by atoms with Crippen LogP contribution in [0.1, 0.15) is 25.5 Å².